The number of hydrogen-bond acceptors (Lipinski definition) is 4. The highest BCUT2D eigenvalue weighted by atomic mass is 35.5. The molecule has 1 aliphatic rings. The van der Waals surface area contributed by atoms with Crippen molar-refractivity contribution in [3.8, 4) is 11.4 Å². The fourth-order valence-corrected chi connectivity index (χ4v) is 5.34. The zero-order chi connectivity index (χ0) is 20.7. The van der Waals surface area contributed by atoms with Gasteiger partial charge in [-0.15, -0.1) is 11.3 Å². The molecule has 0 bridgehead atoms. The zero-order valence-corrected chi connectivity index (χ0v) is 17.9. The number of nitrogens with zero attached hydrogens (tertiary/aromatic N) is 2. The second-order valence-corrected chi connectivity index (χ2v) is 9.02. The summed E-state index contributed by atoms with van der Waals surface area (Å²) in [5.41, 5.74) is 4.23. The maximum absolute atomic E-state index is 14.7. The van der Waals surface area contributed by atoms with Crippen LogP contribution in [0.15, 0.2) is 48.7 Å². The molecular formula is C23H20ClFN4S. The van der Waals surface area contributed by atoms with Crippen LogP contribution in [0.25, 0.3) is 11.4 Å². The number of aromatic nitrogens is 3. The number of benzene rings is 2. The van der Waals surface area contributed by atoms with Gasteiger partial charge in [-0.1, -0.05) is 29.8 Å². The van der Waals surface area contributed by atoms with E-state index in [4.69, 9.17) is 16.6 Å². The number of nitrogens with one attached hydrogen (secondary N) is 2. The molecule has 0 aliphatic heterocycles. The highest BCUT2D eigenvalue weighted by molar-refractivity contribution is 7.15. The summed E-state index contributed by atoms with van der Waals surface area (Å²) in [5.74, 6) is 0.406. The van der Waals surface area contributed by atoms with Crippen LogP contribution in [0.1, 0.15) is 40.6 Å². The molecule has 30 heavy (non-hydrogen) atoms. The Balaban J connectivity index is 1.42. The number of imidazole rings is 1. The minimum absolute atomic E-state index is 0.204. The van der Waals surface area contributed by atoms with Gasteiger partial charge in [0, 0.05) is 33.4 Å². The first-order valence-electron chi connectivity index (χ1n) is 9.91. The Morgan fingerprint density at radius 2 is 2.10 bits per heavy atom. The van der Waals surface area contributed by atoms with E-state index in [1.165, 1.54) is 10.9 Å². The van der Waals surface area contributed by atoms with Gasteiger partial charge >= 0.3 is 0 Å². The van der Waals surface area contributed by atoms with Crippen molar-refractivity contribution in [2.24, 2.45) is 0 Å². The zero-order valence-electron chi connectivity index (χ0n) is 16.4. The Labute approximate surface area is 183 Å². The highest BCUT2D eigenvalue weighted by Crippen LogP contribution is 2.42. The fraction of sp³-hybridized carbons (Fsp3) is 0.217. The third kappa shape index (κ3) is 3.61. The first-order valence-corrected chi connectivity index (χ1v) is 11.1. The summed E-state index contributed by atoms with van der Waals surface area (Å²) < 4.78 is 14.7. The van der Waals surface area contributed by atoms with E-state index in [1.54, 1.807) is 23.6 Å². The van der Waals surface area contributed by atoms with Crippen molar-refractivity contribution in [1.82, 2.24) is 15.0 Å². The average Bonchev–Trinajstić information content (AvgIpc) is 3.34. The third-order valence-corrected chi connectivity index (χ3v) is 6.80. The lowest BCUT2D eigenvalue weighted by Gasteiger charge is -2.22. The Morgan fingerprint density at radius 3 is 2.87 bits per heavy atom. The monoisotopic (exact) mass is 438 g/mol. The van der Waals surface area contributed by atoms with Crippen molar-refractivity contribution in [3.63, 3.8) is 0 Å². The summed E-state index contributed by atoms with van der Waals surface area (Å²) in [6.07, 6.45) is 4.85. The molecule has 152 valence electrons. The molecule has 4 nitrogen and oxygen atoms in total. The quantitative estimate of drug-likeness (QED) is 0.366. The summed E-state index contributed by atoms with van der Waals surface area (Å²) in [4.78, 5) is 13.4. The number of anilines is 2. The second kappa shape index (κ2) is 7.85. The van der Waals surface area contributed by atoms with Gasteiger partial charge < -0.3 is 10.3 Å². The maximum Gasteiger partial charge on any atom is 0.187 e. The summed E-state index contributed by atoms with van der Waals surface area (Å²) in [6.45, 7) is 1.89. The van der Waals surface area contributed by atoms with E-state index in [0.717, 1.165) is 46.4 Å². The van der Waals surface area contributed by atoms with E-state index >= 15 is 0 Å². The molecule has 0 amide bonds. The third-order valence-electron chi connectivity index (χ3n) is 5.41. The molecule has 2 aromatic heterocycles. The van der Waals surface area contributed by atoms with E-state index in [9.17, 15) is 4.39 Å². The first kappa shape index (κ1) is 19.3. The van der Waals surface area contributed by atoms with Gasteiger partial charge in [0.2, 0.25) is 0 Å². The largest absolute Gasteiger partial charge is 0.342 e. The number of halogens is 2. The van der Waals surface area contributed by atoms with Crippen molar-refractivity contribution in [2.75, 3.05) is 5.32 Å². The number of aromatic amines is 1. The average molecular weight is 439 g/mol. The van der Waals surface area contributed by atoms with Crippen LogP contribution in [0.2, 0.25) is 5.02 Å². The van der Waals surface area contributed by atoms with Crippen LogP contribution >= 0.6 is 22.9 Å². The molecule has 2 heterocycles. The number of hydrogen-bond donors (Lipinski definition) is 2. The molecule has 1 atom stereocenters. The van der Waals surface area contributed by atoms with Gasteiger partial charge in [0.05, 0.1) is 11.3 Å². The van der Waals surface area contributed by atoms with Crippen LogP contribution in [-0.2, 0) is 6.42 Å². The molecule has 0 saturated carbocycles. The lowest BCUT2D eigenvalue weighted by molar-refractivity contribution is 0.610. The first-order chi connectivity index (χ1) is 14.6. The van der Waals surface area contributed by atoms with Crippen LogP contribution < -0.4 is 5.32 Å². The molecular weight excluding hydrogens is 419 g/mol. The van der Waals surface area contributed by atoms with Crippen molar-refractivity contribution < 1.29 is 4.39 Å². The Morgan fingerprint density at radius 1 is 1.23 bits per heavy atom. The molecule has 2 N–H and O–H groups in total. The molecule has 1 unspecified atom stereocenters. The minimum atomic E-state index is -0.329. The van der Waals surface area contributed by atoms with Crippen molar-refractivity contribution in [1.29, 1.82) is 0 Å². The summed E-state index contributed by atoms with van der Waals surface area (Å²) >= 11 is 8.09. The SMILES string of the molecule is Cc1cnc(-c2ccc(Nc3nc4c(s3)CCCC4c3ccccc3Cl)cc2F)[nH]1. The van der Waals surface area contributed by atoms with Crippen LogP contribution in [-0.4, -0.2) is 15.0 Å². The lowest BCUT2D eigenvalue weighted by Crippen LogP contribution is -2.10. The molecule has 7 heteroatoms. The molecule has 4 aromatic rings. The predicted octanol–water partition coefficient (Wildman–Crippen LogP) is 6.85. The maximum atomic E-state index is 14.7. The van der Waals surface area contributed by atoms with Crippen molar-refractivity contribution in [2.45, 2.75) is 32.1 Å². The van der Waals surface area contributed by atoms with E-state index in [1.807, 2.05) is 31.2 Å². The van der Waals surface area contributed by atoms with Gasteiger partial charge in [0.15, 0.2) is 5.13 Å². The Bertz CT molecular complexity index is 1220. The molecule has 0 saturated heterocycles. The minimum Gasteiger partial charge on any atom is -0.342 e. The second-order valence-electron chi connectivity index (χ2n) is 7.53. The number of rotatable bonds is 4. The van der Waals surface area contributed by atoms with Gasteiger partial charge in [-0.05, 0) is 56.0 Å². The van der Waals surface area contributed by atoms with E-state index in [2.05, 4.69) is 21.4 Å². The Hall–Kier alpha value is -2.70. The van der Waals surface area contributed by atoms with Crippen LogP contribution in [0.5, 0.6) is 0 Å². The molecule has 0 spiro atoms. The van der Waals surface area contributed by atoms with E-state index in [-0.39, 0.29) is 11.7 Å². The molecule has 1 aliphatic carbocycles. The molecule has 2 aromatic carbocycles. The number of H-pyrrole nitrogens is 1. The van der Waals surface area contributed by atoms with Crippen LogP contribution in [0.3, 0.4) is 0 Å². The Kier molecular flexibility index (Phi) is 5.05. The molecule has 0 radical (unpaired) electrons. The normalized spacial score (nSPS) is 15.8. The smallest absolute Gasteiger partial charge is 0.187 e. The van der Waals surface area contributed by atoms with Crippen molar-refractivity contribution >= 4 is 33.8 Å². The molecule has 5 rings (SSSR count). The van der Waals surface area contributed by atoms with E-state index in [0.29, 0.717) is 17.1 Å². The van der Waals surface area contributed by atoms with Gasteiger partial charge in [-0.3, -0.25) is 0 Å². The van der Waals surface area contributed by atoms with Crippen molar-refractivity contribution in [3.05, 3.63) is 81.3 Å². The summed E-state index contributed by atoms with van der Waals surface area (Å²) in [7, 11) is 0. The van der Waals surface area contributed by atoms with Gasteiger partial charge in [-0.25, -0.2) is 14.4 Å². The van der Waals surface area contributed by atoms with Gasteiger partial charge in [-0.2, -0.15) is 0 Å². The molecule has 0 fully saturated rings. The topological polar surface area (TPSA) is 53.6 Å². The summed E-state index contributed by atoms with van der Waals surface area (Å²) in [6, 6.07) is 13.1. The van der Waals surface area contributed by atoms with Crippen LogP contribution in [0.4, 0.5) is 15.2 Å². The standard InChI is InChI=1S/C23H20ClFN4S/c1-13-12-26-22(27-13)17-10-9-14(11-19(17)25)28-23-29-21-16(6-4-8-20(21)30-23)15-5-2-3-7-18(15)24/h2-3,5,7,9-12,16H,4,6,8H2,1H3,(H,26,27)(H,28,29). The number of fused-ring (bicyclic) bond motifs is 1. The highest BCUT2D eigenvalue weighted by Gasteiger charge is 2.27. The van der Waals surface area contributed by atoms with Gasteiger partial charge in [0.1, 0.15) is 11.6 Å². The van der Waals surface area contributed by atoms with Gasteiger partial charge in [0.25, 0.3) is 0 Å². The predicted molar refractivity (Wildman–Crippen MR) is 120 cm³/mol. The number of thiazole rings is 1. The number of aryl methyl sites for hydroxylation is 2. The fourth-order valence-electron chi connectivity index (χ4n) is 3.99. The summed E-state index contributed by atoms with van der Waals surface area (Å²) in [5, 5.41) is 4.84. The lowest BCUT2D eigenvalue weighted by atomic mass is 9.85. The van der Waals surface area contributed by atoms with E-state index < -0.39 is 0 Å². The van der Waals surface area contributed by atoms with Crippen LogP contribution in [0, 0.1) is 12.7 Å².